The summed E-state index contributed by atoms with van der Waals surface area (Å²) in [7, 11) is 0. The minimum Gasteiger partial charge on any atom is -0.357 e. The monoisotopic (exact) mass is 361 g/mol. The number of anilines is 1. The topological polar surface area (TPSA) is 73.9 Å². The van der Waals surface area contributed by atoms with Gasteiger partial charge in [-0.2, -0.15) is 0 Å². The SMILES string of the molecule is CCNc1ncc(C)c(-c2c[nH]c(C(=O)N3CCc4ccccc4C3)c2)n1. The van der Waals surface area contributed by atoms with Gasteiger partial charge < -0.3 is 15.2 Å². The van der Waals surface area contributed by atoms with Gasteiger partial charge in [0.15, 0.2) is 0 Å². The number of rotatable bonds is 4. The highest BCUT2D eigenvalue weighted by Crippen LogP contribution is 2.25. The first kappa shape index (κ1) is 17.3. The second-order valence-corrected chi connectivity index (χ2v) is 6.80. The lowest BCUT2D eigenvalue weighted by molar-refractivity contribution is 0.0729. The molecule has 6 heteroatoms. The fourth-order valence-electron chi connectivity index (χ4n) is 3.47. The zero-order valence-electron chi connectivity index (χ0n) is 15.6. The Morgan fingerprint density at radius 3 is 2.93 bits per heavy atom. The van der Waals surface area contributed by atoms with Crippen molar-refractivity contribution in [1.82, 2.24) is 19.9 Å². The number of H-pyrrole nitrogens is 1. The Bertz CT molecular complexity index is 978. The Kier molecular flexibility index (Phi) is 4.62. The third kappa shape index (κ3) is 3.43. The van der Waals surface area contributed by atoms with Crippen LogP contribution >= 0.6 is 0 Å². The average Bonchev–Trinajstić information content (AvgIpc) is 3.18. The number of carbonyl (C=O) groups excluding carboxylic acids is 1. The lowest BCUT2D eigenvalue weighted by Gasteiger charge is -2.28. The molecule has 3 heterocycles. The summed E-state index contributed by atoms with van der Waals surface area (Å²) in [5.41, 5.74) is 5.86. The maximum atomic E-state index is 13.0. The molecule has 138 valence electrons. The molecular weight excluding hydrogens is 338 g/mol. The van der Waals surface area contributed by atoms with Gasteiger partial charge in [-0.1, -0.05) is 24.3 Å². The van der Waals surface area contributed by atoms with Crippen LogP contribution in [0.4, 0.5) is 5.95 Å². The molecule has 4 rings (SSSR count). The first-order valence-electron chi connectivity index (χ1n) is 9.28. The maximum Gasteiger partial charge on any atom is 0.270 e. The molecule has 0 spiro atoms. The largest absolute Gasteiger partial charge is 0.357 e. The molecule has 0 unspecified atom stereocenters. The van der Waals surface area contributed by atoms with Gasteiger partial charge in [0.1, 0.15) is 5.69 Å². The van der Waals surface area contributed by atoms with Gasteiger partial charge >= 0.3 is 0 Å². The van der Waals surface area contributed by atoms with E-state index in [0.717, 1.165) is 36.3 Å². The van der Waals surface area contributed by atoms with Crippen molar-refractivity contribution in [1.29, 1.82) is 0 Å². The van der Waals surface area contributed by atoms with Crippen molar-refractivity contribution in [2.75, 3.05) is 18.4 Å². The number of nitrogens with zero attached hydrogens (tertiary/aromatic N) is 3. The van der Waals surface area contributed by atoms with Crippen molar-refractivity contribution in [3.63, 3.8) is 0 Å². The fourth-order valence-corrected chi connectivity index (χ4v) is 3.47. The minimum absolute atomic E-state index is 0.0226. The highest BCUT2D eigenvalue weighted by molar-refractivity contribution is 5.94. The summed E-state index contributed by atoms with van der Waals surface area (Å²) in [5, 5.41) is 3.13. The molecule has 1 aromatic carbocycles. The number of aromatic amines is 1. The summed E-state index contributed by atoms with van der Waals surface area (Å²) in [6.45, 7) is 6.13. The molecule has 1 aliphatic heterocycles. The van der Waals surface area contributed by atoms with Crippen LogP contribution in [0.5, 0.6) is 0 Å². The van der Waals surface area contributed by atoms with Gasteiger partial charge in [0, 0.05) is 37.6 Å². The fraction of sp³-hybridized carbons (Fsp3) is 0.286. The van der Waals surface area contributed by atoms with Gasteiger partial charge in [-0.05, 0) is 43.0 Å². The maximum absolute atomic E-state index is 13.0. The van der Waals surface area contributed by atoms with Crippen molar-refractivity contribution in [2.24, 2.45) is 0 Å². The molecule has 0 radical (unpaired) electrons. The Morgan fingerprint density at radius 2 is 2.11 bits per heavy atom. The molecule has 0 bridgehead atoms. The number of fused-ring (bicyclic) bond motifs is 1. The minimum atomic E-state index is 0.0226. The Balaban J connectivity index is 1.56. The quantitative estimate of drug-likeness (QED) is 0.747. The molecule has 0 saturated carbocycles. The number of nitrogens with one attached hydrogen (secondary N) is 2. The first-order chi connectivity index (χ1) is 13.2. The number of aromatic nitrogens is 3. The summed E-state index contributed by atoms with van der Waals surface area (Å²) in [6, 6.07) is 10.2. The highest BCUT2D eigenvalue weighted by atomic mass is 16.2. The van der Waals surface area contributed by atoms with Crippen molar-refractivity contribution in [3.8, 4) is 11.3 Å². The summed E-state index contributed by atoms with van der Waals surface area (Å²) in [4.78, 5) is 26.9. The molecule has 2 N–H and O–H groups in total. The smallest absolute Gasteiger partial charge is 0.270 e. The molecule has 2 aromatic heterocycles. The zero-order chi connectivity index (χ0) is 18.8. The van der Waals surface area contributed by atoms with Gasteiger partial charge in [-0.3, -0.25) is 4.79 Å². The molecule has 0 fully saturated rings. The lowest BCUT2D eigenvalue weighted by atomic mass is 10.00. The van der Waals surface area contributed by atoms with Crippen LogP contribution in [0.3, 0.4) is 0 Å². The predicted molar refractivity (Wildman–Crippen MR) is 106 cm³/mol. The van der Waals surface area contributed by atoms with Crippen LogP contribution < -0.4 is 5.32 Å². The van der Waals surface area contributed by atoms with E-state index in [-0.39, 0.29) is 5.91 Å². The van der Waals surface area contributed by atoms with Gasteiger partial charge in [0.05, 0.1) is 5.69 Å². The van der Waals surface area contributed by atoms with Crippen LogP contribution in [0.2, 0.25) is 0 Å². The second-order valence-electron chi connectivity index (χ2n) is 6.80. The molecule has 0 saturated heterocycles. The number of hydrogen-bond acceptors (Lipinski definition) is 4. The molecule has 6 nitrogen and oxygen atoms in total. The van der Waals surface area contributed by atoms with Crippen LogP contribution in [0.25, 0.3) is 11.3 Å². The standard InChI is InChI=1S/C21H23N5O/c1-3-22-21-24-11-14(2)19(25-21)17-10-18(23-12-17)20(27)26-9-8-15-6-4-5-7-16(15)13-26/h4-7,10-12,23H,3,8-9,13H2,1-2H3,(H,22,24,25). The van der Waals surface area contributed by atoms with E-state index in [2.05, 4.69) is 38.5 Å². The third-order valence-electron chi connectivity index (χ3n) is 4.91. The second kappa shape index (κ2) is 7.23. The van der Waals surface area contributed by atoms with Crippen molar-refractivity contribution < 1.29 is 4.79 Å². The Labute approximate surface area is 158 Å². The van der Waals surface area contributed by atoms with Crippen molar-refractivity contribution in [3.05, 3.63) is 65.1 Å². The van der Waals surface area contributed by atoms with Crippen LogP contribution in [0.15, 0.2) is 42.7 Å². The number of benzene rings is 1. The summed E-state index contributed by atoms with van der Waals surface area (Å²) >= 11 is 0. The molecule has 27 heavy (non-hydrogen) atoms. The molecule has 1 amide bonds. The van der Waals surface area contributed by atoms with E-state index >= 15 is 0 Å². The zero-order valence-corrected chi connectivity index (χ0v) is 15.6. The average molecular weight is 361 g/mol. The predicted octanol–water partition coefficient (Wildman–Crippen LogP) is 3.41. The molecule has 3 aromatic rings. The first-order valence-corrected chi connectivity index (χ1v) is 9.28. The summed E-state index contributed by atoms with van der Waals surface area (Å²) < 4.78 is 0. The van der Waals surface area contributed by atoms with Gasteiger partial charge in [-0.15, -0.1) is 0 Å². The molecular formula is C21H23N5O. The Hall–Kier alpha value is -3.15. The molecule has 0 aliphatic carbocycles. The van der Waals surface area contributed by atoms with Crippen LogP contribution in [-0.2, 0) is 13.0 Å². The number of carbonyl (C=O) groups is 1. The summed E-state index contributed by atoms with van der Waals surface area (Å²) in [5.74, 6) is 0.620. The number of hydrogen-bond donors (Lipinski definition) is 2. The van der Waals surface area contributed by atoms with Crippen molar-refractivity contribution in [2.45, 2.75) is 26.8 Å². The Morgan fingerprint density at radius 1 is 1.30 bits per heavy atom. The van der Waals surface area contributed by atoms with E-state index in [0.29, 0.717) is 18.2 Å². The van der Waals surface area contributed by atoms with Crippen molar-refractivity contribution >= 4 is 11.9 Å². The van der Waals surface area contributed by atoms with Gasteiger partial charge in [-0.25, -0.2) is 9.97 Å². The van der Waals surface area contributed by atoms with Crippen LogP contribution in [0.1, 0.15) is 34.1 Å². The number of aryl methyl sites for hydroxylation is 1. The van der Waals surface area contributed by atoms with Crippen LogP contribution in [0, 0.1) is 6.92 Å². The van der Waals surface area contributed by atoms with E-state index in [9.17, 15) is 4.79 Å². The lowest BCUT2D eigenvalue weighted by Crippen LogP contribution is -2.36. The number of amides is 1. The molecule has 1 aliphatic rings. The van der Waals surface area contributed by atoms with Gasteiger partial charge in [0.2, 0.25) is 5.95 Å². The summed E-state index contributed by atoms with van der Waals surface area (Å²) in [6.07, 6.45) is 4.54. The van der Waals surface area contributed by atoms with E-state index < -0.39 is 0 Å². The normalized spacial score (nSPS) is 13.3. The highest BCUT2D eigenvalue weighted by Gasteiger charge is 2.23. The van der Waals surface area contributed by atoms with Crippen LogP contribution in [-0.4, -0.2) is 38.8 Å². The van der Waals surface area contributed by atoms with E-state index in [4.69, 9.17) is 0 Å². The third-order valence-corrected chi connectivity index (χ3v) is 4.91. The van der Waals surface area contributed by atoms with E-state index in [1.165, 1.54) is 11.1 Å². The van der Waals surface area contributed by atoms with E-state index in [1.54, 1.807) is 6.20 Å². The molecule has 0 atom stereocenters. The van der Waals surface area contributed by atoms with Gasteiger partial charge in [0.25, 0.3) is 5.91 Å². The van der Waals surface area contributed by atoms with E-state index in [1.807, 2.05) is 37.1 Å².